The summed E-state index contributed by atoms with van der Waals surface area (Å²) < 4.78 is 28.1. The van der Waals surface area contributed by atoms with Crippen LogP contribution in [0, 0.1) is 11.6 Å². The fourth-order valence-electron chi connectivity index (χ4n) is 1.99. The zero-order valence-corrected chi connectivity index (χ0v) is 10.7. The van der Waals surface area contributed by atoms with E-state index in [2.05, 4.69) is 10.1 Å². The van der Waals surface area contributed by atoms with E-state index >= 15 is 0 Å². The molecule has 0 spiro atoms. The van der Waals surface area contributed by atoms with Crippen LogP contribution in [-0.4, -0.2) is 20.8 Å². The van der Waals surface area contributed by atoms with Crippen LogP contribution in [0.15, 0.2) is 24.5 Å². The molecule has 0 aliphatic rings. The Morgan fingerprint density at radius 2 is 2.11 bits per heavy atom. The molecule has 0 saturated carbocycles. The first-order valence-electron chi connectivity index (χ1n) is 6.16. The second kappa shape index (κ2) is 5.88. The highest BCUT2D eigenvalue weighted by Crippen LogP contribution is 2.12. The Labute approximate surface area is 110 Å². The molecule has 1 unspecified atom stereocenters. The molecule has 2 aromatic rings. The molecule has 4 nitrogen and oxygen atoms in total. The van der Waals surface area contributed by atoms with E-state index in [1.807, 2.05) is 6.92 Å². The van der Waals surface area contributed by atoms with Gasteiger partial charge in [0.2, 0.25) is 0 Å². The minimum absolute atomic E-state index is 0.283. The minimum atomic E-state index is -0.583. The first-order chi connectivity index (χ1) is 9.10. The maximum atomic E-state index is 13.5. The molecular formula is C13H16F2N4. The number of benzene rings is 1. The lowest BCUT2D eigenvalue weighted by Gasteiger charge is -2.12. The summed E-state index contributed by atoms with van der Waals surface area (Å²) in [5.41, 5.74) is 6.40. The Hall–Kier alpha value is -1.82. The average Bonchev–Trinajstić information content (AvgIpc) is 2.80. The second-order valence-electron chi connectivity index (χ2n) is 4.40. The van der Waals surface area contributed by atoms with Gasteiger partial charge in [-0.1, -0.05) is 6.07 Å². The third kappa shape index (κ3) is 3.35. The number of aryl methyl sites for hydroxylation is 1. The smallest absolute Gasteiger partial charge is 0.138 e. The van der Waals surface area contributed by atoms with Gasteiger partial charge in [0.05, 0.1) is 0 Å². The highest BCUT2D eigenvalue weighted by Gasteiger charge is 2.13. The number of rotatable bonds is 5. The van der Waals surface area contributed by atoms with Crippen molar-refractivity contribution < 1.29 is 8.78 Å². The molecule has 0 amide bonds. The predicted octanol–water partition coefficient (Wildman–Crippen LogP) is 1.69. The largest absolute Gasteiger partial charge is 0.327 e. The number of aromatic nitrogens is 3. The van der Waals surface area contributed by atoms with Crippen molar-refractivity contribution in [3.8, 4) is 0 Å². The normalized spacial score (nSPS) is 12.6. The van der Waals surface area contributed by atoms with Crippen molar-refractivity contribution in [2.75, 3.05) is 0 Å². The summed E-state index contributed by atoms with van der Waals surface area (Å²) in [6.45, 7) is 2.68. The molecule has 2 rings (SSSR count). The van der Waals surface area contributed by atoms with Crippen LogP contribution in [0.4, 0.5) is 8.78 Å². The Kier molecular flexibility index (Phi) is 4.21. The Morgan fingerprint density at radius 3 is 2.79 bits per heavy atom. The van der Waals surface area contributed by atoms with Crippen LogP contribution in [0.3, 0.4) is 0 Å². The molecule has 6 heteroatoms. The van der Waals surface area contributed by atoms with E-state index in [0.29, 0.717) is 24.9 Å². The van der Waals surface area contributed by atoms with E-state index in [-0.39, 0.29) is 6.04 Å². The molecule has 1 atom stereocenters. The molecule has 1 aromatic heterocycles. The Balaban J connectivity index is 2.03. The molecule has 1 aromatic carbocycles. The van der Waals surface area contributed by atoms with Crippen LogP contribution in [0.25, 0.3) is 0 Å². The zero-order chi connectivity index (χ0) is 13.8. The van der Waals surface area contributed by atoms with Crippen molar-refractivity contribution in [2.45, 2.75) is 32.4 Å². The zero-order valence-electron chi connectivity index (χ0n) is 10.7. The van der Waals surface area contributed by atoms with Gasteiger partial charge >= 0.3 is 0 Å². The molecule has 0 aliphatic heterocycles. The molecule has 19 heavy (non-hydrogen) atoms. The second-order valence-corrected chi connectivity index (χ2v) is 4.40. The van der Waals surface area contributed by atoms with Crippen molar-refractivity contribution >= 4 is 0 Å². The van der Waals surface area contributed by atoms with Crippen molar-refractivity contribution in [1.29, 1.82) is 0 Å². The summed E-state index contributed by atoms with van der Waals surface area (Å²) in [6.07, 6.45) is 2.32. The summed E-state index contributed by atoms with van der Waals surface area (Å²) in [4.78, 5) is 4.12. The summed E-state index contributed by atoms with van der Waals surface area (Å²) in [6, 6.07) is 3.25. The van der Waals surface area contributed by atoms with Gasteiger partial charge in [0.1, 0.15) is 23.8 Å². The lowest BCUT2D eigenvalue weighted by Crippen LogP contribution is -2.27. The van der Waals surface area contributed by atoms with Crippen LogP contribution < -0.4 is 5.73 Å². The van der Waals surface area contributed by atoms with Gasteiger partial charge in [0, 0.05) is 25.1 Å². The number of nitrogens with two attached hydrogens (primary N) is 1. The van der Waals surface area contributed by atoms with Crippen molar-refractivity contribution in [2.24, 2.45) is 5.73 Å². The SMILES string of the molecule is CCn1ncnc1CC(N)Cc1ccc(F)cc1F. The molecule has 0 saturated heterocycles. The maximum Gasteiger partial charge on any atom is 0.138 e. The number of hydrogen-bond donors (Lipinski definition) is 1. The first kappa shape index (κ1) is 13.6. The maximum absolute atomic E-state index is 13.5. The van der Waals surface area contributed by atoms with Crippen molar-refractivity contribution in [1.82, 2.24) is 14.8 Å². The van der Waals surface area contributed by atoms with E-state index < -0.39 is 11.6 Å². The highest BCUT2D eigenvalue weighted by atomic mass is 19.1. The molecule has 0 radical (unpaired) electrons. The number of hydrogen-bond acceptors (Lipinski definition) is 3. The van der Waals surface area contributed by atoms with Gasteiger partial charge in [-0.15, -0.1) is 0 Å². The highest BCUT2D eigenvalue weighted by molar-refractivity contribution is 5.19. The van der Waals surface area contributed by atoms with E-state index in [1.165, 1.54) is 18.5 Å². The number of nitrogens with zero attached hydrogens (tertiary/aromatic N) is 3. The Morgan fingerprint density at radius 1 is 1.32 bits per heavy atom. The fraction of sp³-hybridized carbons (Fsp3) is 0.385. The van der Waals surface area contributed by atoms with Crippen LogP contribution in [0.5, 0.6) is 0 Å². The van der Waals surface area contributed by atoms with Crippen LogP contribution in [0.2, 0.25) is 0 Å². The molecule has 0 bridgehead atoms. The van der Waals surface area contributed by atoms with Gasteiger partial charge in [-0.2, -0.15) is 5.10 Å². The first-order valence-corrected chi connectivity index (χ1v) is 6.16. The van der Waals surface area contributed by atoms with Crippen molar-refractivity contribution in [3.63, 3.8) is 0 Å². The van der Waals surface area contributed by atoms with E-state index in [9.17, 15) is 8.78 Å². The van der Waals surface area contributed by atoms with E-state index in [4.69, 9.17) is 5.73 Å². The van der Waals surface area contributed by atoms with Gasteiger partial charge in [-0.05, 0) is 25.0 Å². The summed E-state index contributed by atoms with van der Waals surface area (Å²) in [5.74, 6) is -0.370. The van der Waals surface area contributed by atoms with Gasteiger partial charge in [-0.3, -0.25) is 4.68 Å². The monoisotopic (exact) mass is 266 g/mol. The van der Waals surface area contributed by atoms with Crippen LogP contribution in [0.1, 0.15) is 18.3 Å². The van der Waals surface area contributed by atoms with Crippen molar-refractivity contribution in [3.05, 3.63) is 47.5 Å². The minimum Gasteiger partial charge on any atom is -0.327 e. The molecule has 0 fully saturated rings. The molecule has 0 aliphatic carbocycles. The molecule has 1 heterocycles. The molecular weight excluding hydrogens is 250 g/mol. The topological polar surface area (TPSA) is 56.7 Å². The van der Waals surface area contributed by atoms with Gasteiger partial charge in [-0.25, -0.2) is 13.8 Å². The van der Waals surface area contributed by atoms with Gasteiger partial charge < -0.3 is 5.73 Å². The van der Waals surface area contributed by atoms with E-state index in [1.54, 1.807) is 4.68 Å². The van der Waals surface area contributed by atoms with Crippen LogP contribution in [-0.2, 0) is 19.4 Å². The summed E-state index contributed by atoms with van der Waals surface area (Å²) in [5, 5.41) is 4.05. The lowest BCUT2D eigenvalue weighted by molar-refractivity contribution is 0.541. The third-order valence-electron chi connectivity index (χ3n) is 2.94. The quantitative estimate of drug-likeness (QED) is 0.896. The number of halogens is 2. The summed E-state index contributed by atoms with van der Waals surface area (Å²) >= 11 is 0. The van der Waals surface area contributed by atoms with Crippen LogP contribution >= 0.6 is 0 Å². The summed E-state index contributed by atoms with van der Waals surface area (Å²) in [7, 11) is 0. The van der Waals surface area contributed by atoms with Gasteiger partial charge in [0.15, 0.2) is 0 Å². The average molecular weight is 266 g/mol. The Bertz CT molecular complexity index is 553. The fourth-order valence-corrected chi connectivity index (χ4v) is 1.99. The molecule has 102 valence electrons. The lowest BCUT2D eigenvalue weighted by atomic mass is 10.0. The predicted molar refractivity (Wildman–Crippen MR) is 67.4 cm³/mol. The standard InChI is InChI=1S/C13H16F2N4/c1-2-19-13(17-8-18-19)7-11(16)5-9-3-4-10(14)6-12(9)15/h3-4,6,8,11H,2,5,7,16H2,1H3. The molecule has 2 N–H and O–H groups in total. The van der Waals surface area contributed by atoms with Gasteiger partial charge in [0.25, 0.3) is 0 Å². The van der Waals surface area contributed by atoms with E-state index in [0.717, 1.165) is 11.9 Å². The third-order valence-corrected chi connectivity index (χ3v) is 2.94.